The highest BCUT2D eigenvalue weighted by Gasteiger charge is 2.14. The zero-order valence-corrected chi connectivity index (χ0v) is 11.9. The van der Waals surface area contributed by atoms with Crippen LogP contribution in [-0.2, 0) is 10.0 Å². The Morgan fingerprint density at radius 1 is 1.14 bits per heavy atom. The highest BCUT2D eigenvalue weighted by atomic mass is 32.2. The van der Waals surface area contributed by atoms with Gasteiger partial charge in [0.05, 0.1) is 18.0 Å². The largest absolute Gasteiger partial charge is 0.545 e. The highest BCUT2D eigenvalue weighted by molar-refractivity contribution is 7.92. The number of aromatic carboxylic acids is 1. The van der Waals surface area contributed by atoms with Gasteiger partial charge in [0.15, 0.2) is 0 Å². The first-order chi connectivity index (χ1) is 9.92. The lowest BCUT2D eigenvalue weighted by molar-refractivity contribution is -0.255. The monoisotopic (exact) mass is 306 g/mol. The van der Waals surface area contributed by atoms with Crippen molar-refractivity contribution in [3.05, 3.63) is 54.1 Å². The summed E-state index contributed by atoms with van der Waals surface area (Å²) < 4.78 is 31.7. The second kappa shape index (κ2) is 5.84. The summed E-state index contributed by atoms with van der Waals surface area (Å²) in [5.41, 5.74) is 0.141. The Balaban J connectivity index is 2.29. The van der Waals surface area contributed by atoms with Gasteiger partial charge in [0.2, 0.25) is 0 Å². The van der Waals surface area contributed by atoms with Crippen LogP contribution in [0.5, 0.6) is 5.75 Å². The second-order valence-corrected chi connectivity index (χ2v) is 5.83. The van der Waals surface area contributed by atoms with Gasteiger partial charge in [-0.3, -0.25) is 4.72 Å². The Hall–Kier alpha value is -2.54. The standard InChI is InChI=1S/C14H13NO5S/c1-20-12-7-5-11(6-8-12)15-21(18,19)13-4-2-3-10(9-13)14(16)17/h2-9,15H,1H3,(H,16,17)/p-1. The van der Waals surface area contributed by atoms with Crippen molar-refractivity contribution in [2.45, 2.75) is 4.90 Å². The van der Waals surface area contributed by atoms with Gasteiger partial charge in [-0.25, -0.2) is 8.42 Å². The SMILES string of the molecule is COc1ccc(NS(=O)(=O)c2cccc(C(=O)[O-])c2)cc1. The Morgan fingerprint density at radius 3 is 2.38 bits per heavy atom. The van der Waals surface area contributed by atoms with Crippen molar-refractivity contribution in [1.29, 1.82) is 0 Å². The number of hydrogen-bond acceptors (Lipinski definition) is 5. The molecular formula is C14H12NO5S-. The Bertz CT molecular complexity index is 753. The number of anilines is 1. The second-order valence-electron chi connectivity index (χ2n) is 4.15. The molecule has 0 spiro atoms. The van der Waals surface area contributed by atoms with Gasteiger partial charge in [-0.05, 0) is 42.0 Å². The highest BCUT2D eigenvalue weighted by Crippen LogP contribution is 2.19. The summed E-state index contributed by atoms with van der Waals surface area (Å²) in [4.78, 5) is 10.6. The summed E-state index contributed by atoms with van der Waals surface area (Å²) >= 11 is 0. The first-order valence-corrected chi connectivity index (χ1v) is 7.39. The van der Waals surface area contributed by atoms with Gasteiger partial charge in [-0.1, -0.05) is 12.1 Å². The fraction of sp³-hybridized carbons (Fsp3) is 0.0714. The van der Waals surface area contributed by atoms with Crippen molar-refractivity contribution >= 4 is 21.7 Å². The molecule has 6 nitrogen and oxygen atoms in total. The van der Waals surface area contributed by atoms with Gasteiger partial charge in [-0.15, -0.1) is 0 Å². The van der Waals surface area contributed by atoms with E-state index >= 15 is 0 Å². The lowest BCUT2D eigenvalue weighted by Crippen LogP contribution is -2.23. The van der Waals surface area contributed by atoms with Gasteiger partial charge < -0.3 is 14.6 Å². The number of carbonyl (C=O) groups excluding carboxylic acids is 1. The van der Waals surface area contributed by atoms with Gasteiger partial charge in [0.25, 0.3) is 10.0 Å². The Labute approximate surface area is 122 Å². The molecule has 0 atom stereocenters. The summed E-state index contributed by atoms with van der Waals surface area (Å²) in [5.74, 6) is -0.839. The molecule has 0 unspecified atom stereocenters. The van der Waals surface area contributed by atoms with E-state index in [0.717, 1.165) is 6.07 Å². The number of rotatable bonds is 5. The Morgan fingerprint density at radius 2 is 1.81 bits per heavy atom. The van der Waals surface area contributed by atoms with Crippen molar-refractivity contribution in [2.75, 3.05) is 11.8 Å². The predicted octanol–water partition coefficient (Wildman–Crippen LogP) is 0.859. The van der Waals surface area contributed by atoms with Crippen molar-refractivity contribution in [1.82, 2.24) is 0 Å². The van der Waals surface area contributed by atoms with Crippen LogP contribution in [0.3, 0.4) is 0 Å². The van der Waals surface area contributed by atoms with Crippen LogP contribution in [0, 0.1) is 0 Å². The molecule has 0 bridgehead atoms. The van der Waals surface area contributed by atoms with E-state index in [4.69, 9.17) is 4.74 Å². The van der Waals surface area contributed by atoms with Crippen molar-refractivity contribution in [3.63, 3.8) is 0 Å². The minimum absolute atomic E-state index is 0.153. The molecule has 0 saturated heterocycles. The number of methoxy groups -OCH3 is 1. The Kier molecular flexibility index (Phi) is 4.13. The maximum Gasteiger partial charge on any atom is 0.261 e. The molecule has 21 heavy (non-hydrogen) atoms. The number of carboxylic acids is 1. The van der Waals surface area contributed by atoms with Gasteiger partial charge in [-0.2, -0.15) is 0 Å². The smallest absolute Gasteiger partial charge is 0.261 e. The molecule has 0 saturated carbocycles. The van der Waals surface area contributed by atoms with Crippen molar-refractivity contribution in [2.24, 2.45) is 0 Å². The summed E-state index contributed by atoms with van der Waals surface area (Å²) in [6, 6.07) is 11.2. The number of nitrogens with one attached hydrogen (secondary N) is 1. The van der Waals surface area contributed by atoms with Crippen LogP contribution in [0.15, 0.2) is 53.4 Å². The summed E-state index contributed by atoms with van der Waals surface area (Å²) in [6.07, 6.45) is 0. The zero-order chi connectivity index (χ0) is 15.5. The van der Waals surface area contributed by atoms with Crippen LogP contribution in [0.4, 0.5) is 5.69 Å². The zero-order valence-electron chi connectivity index (χ0n) is 11.1. The summed E-state index contributed by atoms with van der Waals surface area (Å²) in [6.45, 7) is 0. The van der Waals surface area contributed by atoms with Gasteiger partial charge >= 0.3 is 0 Å². The maximum absolute atomic E-state index is 12.2. The topological polar surface area (TPSA) is 95.5 Å². The third kappa shape index (κ3) is 3.51. The molecule has 0 aliphatic heterocycles. The predicted molar refractivity (Wildman–Crippen MR) is 74.6 cm³/mol. The molecule has 0 fully saturated rings. The van der Waals surface area contributed by atoms with E-state index in [-0.39, 0.29) is 10.5 Å². The lowest BCUT2D eigenvalue weighted by atomic mass is 10.2. The molecule has 2 rings (SSSR count). The molecular weight excluding hydrogens is 294 g/mol. The van der Waals surface area contributed by atoms with Crippen LogP contribution < -0.4 is 14.6 Å². The third-order valence-electron chi connectivity index (χ3n) is 2.72. The van der Waals surface area contributed by atoms with Gasteiger partial charge in [0, 0.05) is 5.69 Å². The van der Waals surface area contributed by atoms with E-state index in [9.17, 15) is 18.3 Å². The van der Waals surface area contributed by atoms with E-state index in [1.54, 1.807) is 24.3 Å². The molecule has 1 N–H and O–H groups in total. The average molecular weight is 306 g/mol. The van der Waals surface area contributed by atoms with Crippen LogP contribution in [0.1, 0.15) is 10.4 Å². The molecule has 0 heterocycles. The van der Waals surface area contributed by atoms with Crippen LogP contribution >= 0.6 is 0 Å². The van der Waals surface area contributed by atoms with Crippen molar-refractivity contribution < 1.29 is 23.1 Å². The maximum atomic E-state index is 12.2. The van der Waals surface area contributed by atoms with Crippen LogP contribution in [0.25, 0.3) is 0 Å². The van der Waals surface area contributed by atoms with E-state index in [1.807, 2.05) is 0 Å². The molecule has 0 aliphatic carbocycles. The molecule has 110 valence electrons. The molecule has 0 aliphatic rings. The molecule has 2 aromatic rings. The van der Waals surface area contributed by atoms with E-state index in [0.29, 0.717) is 11.4 Å². The molecule has 0 radical (unpaired) electrons. The number of ether oxygens (including phenoxy) is 1. The number of carbonyl (C=O) groups is 1. The normalized spacial score (nSPS) is 10.9. The molecule has 2 aromatic carbocycles. The minimum atomic E-state index is -3.87. The lowest BCUT2D eigenvalue weighted by Gasteiger charge is -2.10. The first-order valence-electron chi connectivity index (χ1n) is 5.90. The summed E-state index contributed by atoms with van der Waals surface area (Å²) in [7, 11) is -2.37. The fourth-order valence-corrected chi connectivity index (χ4v) is 2.77. The van der Waals surface area contributed by atoms with Crippen LogP contribution in [-0.4, -0.2) is 21.5 Å². The molecule has 7 heteroatoms. The number of sulfonamides is 1. The molecule has 0 aromatic heterocycles. The molecule has 0 amide bonds. The number of benzene rings is 2. The summed E-state index contributed by atoms with van der Waals surface area (Å²) in [5, 5.41) is 10.8. The average Bonchev–Trinajstić information content (AvgIpc) is 2.48. The van der Waals surface area contributed by atoms with Crippen LogP contribution in [0.2, 0.25) is 0 Å². The fourth-order valence-electron chi connectivity index (χ4n) is 1.66. The van der Waals surface area contributed by atoms with Crippen molar-refractivity contribution in [3.8, 4) is 5.75 Å². The minimum Gasteiger partial charge on any atom is -0.545 e. The van der Waals surface area contributed by atoms with E-state index in [2.05, 4.69) is 4.72 Å². The van der Waals surface area contributed by atoms with E-state index in [1.165, 1.54) is 25.3 Å². The third-order valence-corrected chi connectivity index (χ3v) is 4.10. The van der Waals surface area contributed by atoms with E-state index < -0.39 is 16.0 Å². The van der Waals surface area contributed by atoms with Gasteiger partial charge in [0.1, 0.15) is 5.75 Å². The first kappa shape index (κ1) is 14.9. The number of hydrogen-bond donors (Lipinski definition) is 1. The quantitative estimate of drug-likeness (QED) is 0.884. The number of carboxylic acid groups (broad SMARTS) is 1.